The molecule has 0 radical (unpaired) electrons. The summed E-state index contributed by atoms with van der Waals surface area (Å²) >= 11 is 0. The Bertz CT molecular complexity index is 716. The summed E-state index contributed by atoms with van der Waals surface area (Å²) in [5.41, 5.74) is 1.83. The number of piperidine rings is 1. The predicted octanol–water partition coefficient (Wildman–Crippen LogP) is 3.64. The minimum atomic E-state index is -0.122. The van der Waals surface area contributed by atoms with Crippen molar-refractivity contribution in [1.29, 1.82) is 0 Å². The third-order valence-corrected chi connectivity index (χ3v) is 4.88. The standard InChI is InChI=1S/C22H34N4O3.HI/c1-5-23-22(26-11-9-18(10-12-26)21(28)29-4)24-15-17-7-6-8-19(14-17)25-20(27)13-16(2)3;/h6-8,14,16,18H,5,9-13,15H2,1-4H3,(H,23,24)(H,25,27);1H. The van der Waals surface area contributed by atoms with E-state index in [2.05, 4.69) is 15.5 Å². The molecule has 2 rings (SSSR count). The zero-order chi connectivity index (χ0) is 21.2. The summed E-state index contributed by atoms with van der Waals surface area (Å²) in [7, 11) is 1.44. The quantitative estimate of drug-likeness (QED) is 0.244. The summed E-state index contributed by atoms with van der Waals surface area (Å²) < 4.78 is 4.86. The third kappa shape index (κ3) is 8.49. The van der Waals surface area contributed by atoms with Crippen molar-refractivity contribution in [2.24, 2.45) is 16.8 Å². The van der Waals surface area contributed by atoms with E-state index >= 15 is 0 Å². The van der Waals surface area contributed by atoms with Crippen LogP contribution in [0.5, 0.6) is 0 Å². The van der Waals surface area contributed by atoms with Crippen LogP contribution in [0.4, 0.5) is 5.69 Å². The maximum absolute atomic E-state index is 12.0. The molecule has 1 fully saturated rings. The van der Waals surface area contributed by atoms with Crippen molar-refractivity contribution >= 4 is 47.5 Å². The molecule has 30 heavy (non-hydrogen) atoms. The van der Waals surface area contributed by atoms with Gasteiger partial charge in [0.25, 0.3) is 0 Å². The Morgan fingerprint density at radius 2 is 1.97 bits per heavy atom. The molecule has 0 saturated carbocycles. The number of nitrogens with one attached hydrogen (secondary N) is 2. The number of likely N-dealkylation sites (tertiary alicyclic amines) is 1. The van der Waals surface area contributed by atoms with E-state index in [4.69, 9.17) is 9.73 Å². The largest absolute Gasteiger partial charge is 0.469 e. The molecule has 1 aliphatic rings. The van der Waals surface area contributed by atoms with E-state index in [-0.39, 0.29) is 41.8 Å². The number of ether oxygens (including phenoxy) is 1. The van der Waals surface area contributed by atoms with Gasteiger partial charge in [-0.15, -0.1) is 24.0 Å². The molecule has 0 bridgehead atoms. The number of halogens is 1. The first-order chi connectivity index (χ1) is 13.9. The van der Waals surface area contributed by atoms with Crippen molar-refractivity contribution in [1.82, 2.24) is 10.2 Å². The summed E-state index contributed by atoms with van der Waals surface area (Å²) in [5.74, 6) is 1.06. The van der Waals surface area contributed by atoms with E-state index in [1.165, 1.54) is 7.11 Å². The van der Waals surface area contributed by atoms with E-state index in [9.17, 15) is 9.59 Å². The van der Waals surface area contributed by atoms with Gasteiger partial charge in [0.1, 0.15) is 0 Å². The fraction of sp³-hybridized carbons (Fsp3) is 0.591. The lowest BCUT2D eigenvalue weighted by Crippen LogP contribution is -2.46. The number of carbonyl (C=O) groups is 2. The maximum Gasteiger partial charge on any atom is 0.308 e. The van der Waals surface area contributed by atoms with Gasteiger partial charge < -0.3 is 20.3 Å². The first-order valence-electron chi connectivity index (χ1n) is 10.4. The third-order valence-electron chi connectivity index (χ3n) is 4.88. The van der Waals surface area contributed by atoms with E-state index in [0.717, 1.165) is 49.7 Å². The highest BCUT2D eigenvalue weighted by Crippen LogP contribution is 2.19. The fourth-order valence-electron chi connectivity index (χ4n) is 3.42. The first kappa shape index (κ1) is 26.2. The van der Waals surface area contributed by atoms with Gasteiger partial charge in [-0.25, -0.2) is 4.99 Å². The van der Waals surface area contributed by atoms with Gasteiger partial charge in [0.15, 0.2) is 5.96 Å². The van der Waals surface area contributed by atoms with E-state index in [1.54, 1.807) is 0 Å². The summed E-state index contributed by atoms with van der Waals surface area (Å²) in [4.78, 5) is 30.7. The number of carbonyl (C=O) groups excluding carboxylic acids is 2. The molecule has 1 saturated heterocycles. The SMILES string of the molecule is CCNC(=NCc1cccc(NC(=O)CC(C)C)c1)N1CCC(C(=O)OC)CC1.I. The van der Waals surface area contributed by atoms with E-state index in [1.807, 2.05) is 45.0 Å². The Balaban J connectivity index is 0.00000450. The van der Waals surface area contributed by atoms with Crippen LogP contribution in [0.3, 0.4) is 0 Å². The Labute approximate surface area is 197 Å². The highest BCUT2D eigenvalue weighted by Gasteiger charge is 2.26. The minimum Gasteiger partial charge on any atom is -0.469 e. The van der Waals surface area contributed by atoms with Crippen LogP contribution in [0.2, 0.25) is 0 Å². The van der Waals surface area contributed by atoms with Gasteiger partial charge >= 0.3 is 5.97 Å². The molecule has 1 aromatic carbocycles. The zero-order valence-electron chi connectivity index (χ0n) is 18.4. The molecular formula is C22H35IN4O3. The fourth-order valence-corrected chi connectivity index (χ4v) is 3.42. The molecule has 0 unspecified atom stereocenters. The number of guanidine groups is 1. The summed E-state index contributed by atoms with van der Waals surface area (Å²) in [5, 5.41) is 6.29. The second-order valence-electron chi connectivity index (χ2n) is 7.80. The van der Waals surface area contributed by atoms with Gasteiger partial charge in [-0.05, 0) is 43.4 Å². The van der Waals surface area contributed by atoms with Crippen LogP contribution in [0.15, 0.2) is 29.3 Å². The molecule has 1 heterocycles. The summed E-state index contributed by atoms with van der Waals surface area (Å²) in [6.45, 7) is 8.95. The topological polar surface area (TPSA) is 83.0 Å². The van der Waals surface area contributed by atoms with Crippen LogP contribution in [0.25, 0.3) is 0 Å². The van der Waals surface area contributed by atoms with Crippen LogP contribution in [-0.2, 0) is 20.9 Å². The summed E-state index contributed by atoms with van der Waals surface area (Å²) in [6, 6.07) is 7.81. The van der Waals surface area contributed by atoms with Crippen LogP contribution in [0.1, 0.15) is 45.6 Å². The van der Waals surface area contributed by atoms with Crippen molar-refractivity contribution in [3.63, 3.8) is 0 Å². The smallest absolute Gasteiger partial charge is 0.308 e. The Kier molecular flexibility index (Phi) is 11.8. The van der Waals surface area contributed by atoms with Gasteiger partial charge in [0.2, 0.25) is 5.91 Å². The Hall–Kier alpha value is -1.84. The Morgan fingerprint density at radius 1 is 1.27 bits per heavy atom. The van der Waals surface area contributed by atoms with Gasteiger partial charge in [-0.3, -0.25) is 9.59 Å². The number of hydrogen-bond donors (Lipinski definition) is 2. The zero-order valence-corrected chi connectivity index (χ0v) is 20.8. The molecule has 7 nitrogen and oxygen atoms in total. The highest BCUT2D eigenvalue weighted by atomic mass is 127. The first-order valence-corrected chi connectivity index (χ1v) is 10.4. The number of nitrogens with zero attached hydrogens (tertiary/aromatic N) is 2. The number of aliphatic imine (C=N–C) groups is 1. The molecule has 0 aliphatic carbocycles. The number of benzene rings is 1. The Morgan fingerprint density at radius 3 is 2.57 bits per heavy atom. The molecular weight excluding hydrogens is 495 g/mol. The molecule has 1 amide bonds. The maximum atomic E-state index is 12.0. The van der Waals surface area contributed by atoms with Gasteiger partial charge in [0.05, 0.1) is 19.6 Å². The molecule has 8 heteroatoms. The average molecular weight is 530 g/mol. The number of rotatable bonds is 7. The second-order valence-corrected chi connectivity index (χ2v) is 7.80. The predicted molar refractivity (Wildman–Crippen MR) is 131 cm³/mol. The molecule has 168 valence electrons. The summed E-state index contributed by atoms with van der Waals surface area (Å²) in [6.07, 6.45) is 2.05. The normalized spacial score (nSPS) is 14.8. The van der Waals surface area contributed by atoms with Crippen LogP contribution in [-0.4, -0.2) is 49.5 Å². The molecule has 0 atom stereocenters. The highest BCUT2D eigenvalue weighted by molar-refractivity contribution is 14.0. The number of amides is 1. The molecule has 0 spiro atoms. The van der Waals surface area contributed by atoms with E-state index < -0.39 is 0 Å². The molecule has 1 aromatic rings. The van der Waals surface area contributed by atoms with Crippen molar-refractivity contribution in [2.45, 2.75) is 46.6 Å². The molecule has 2 N–H and O–H groups in total. The van der Waals surface area contributed by atoms with Gasteiger partial charge in [-0.2, -0.15) is 0 Å². The van der Waals surface area contributed by atoms with Gasteiger partial charge in [-0.1, -0.05) is 26.0 Å². The van der Waals surface area contributed by atoms with Crippen LogP contribution >= 0.6 is 24.0 Å². The molecule has 1 aliphatic heterocycles. The van der Waals surface area contributed by atoms with Crippen LogP contribution < -0.4 is 10.6 Å². The lowest BCUT2D eigenvalue weighted by Gasteiger charge is -2.33. The lowest BCUT2D eigenvalue weighted by molar-refractivity contribution is -0.146. The monoisotopic (exact) mass is 530 g/mol. The lowest BCUT2D eigenvalue weighted by atomic mass is 9.97. The van der Waals surface area contributed by atoms with Crippen molar-refractivity contribution in [3.05, 3.63) is 29.8 Å². The van der Waals surface area contributed by atoms with E-state index in [0.29, 0.717) is 18.9 Å². The number of anilines is 1. The van der Waals surface area contributed by atoms with Gasteiger partial charge in [0, 0.05) is 31.7 Å². The number of methoxy groups -OCH3 is 1. The van der Waals surface area contributed by atoms with Crippen LogP contribution in [0, 0.1) is 11.8 Å². The number of hydrogen-bond acceptors (Lipinski definition) is 4. The second kappa shape index (κ2) is 13.5. The van der Waals surface area contributed by atoms with Crippen molar-refractivity contribution in [3.8, 4) is 0 Å². The van der Waals surface area contributed by atoms with Crippen molar-refractivity contribution in [2.75, 3.05) is 32.1 Å². The minimum absolute atomic E-state index is 0. The number of esters is 1. The average Bonchev–Trinajstić information content (AvgIpc) is 2.70. The molecule has 0 aromatic heterocycles. The van der Waals surface area contributed by atoms with Crippen molar-refractivity contribution < 1.29 is 14.3 Å².